The lowest BCUT2D eigenvalue weighted by molar-refractivity contribution is 0.476. The van der Waals surface area contributed by atoms with E-state index in [0.29, 0.717) is 15.6 Å². The molecule has 1 aromatic carbocycles. The van der Waals surface area contributed by atoms with Crippen LogP contribution >= 0.6 is 23.2 Å². The van der Waals surface area contributed by atoms with E-state index in [9.17, 15) is 8.42 Å². The zero-order valence-corrected chi connectivity index (χ0v) is 12.9. The van der Waals surface area contributed by atoms with Crippen LogP contribution in [0, 0.1) is 5.92 Å². The number of halogens is 2. The third-order valence-corrected chi connectivity index (χ3v) is 4.87. The smallest absolute Gasteiger partial charge is 0.212 e. The summed E-state index contributed by atoms with van der Waals surface area (Å²) >= 11 is 11.9. The first-order valence-electron chi connectivity index (χ1n) is 5.66. The fraction of sp³-hybridized carbons (Fsp3) is 0.500. The molecule has 102 valence electrons. The van der Waals surface area contributed by atoms with Crippen LogP contribution in [0.4, 0.5) is 0 Å². The molecule has 0 aliphatic heterocycles. The Morgan fingerprint density at radius 2 is 1.67 bits per heavy atom. The van der Waals surface area contributed by atoms with E-state index in [-0.39, 0.29) is 17.7 Å². The SMILES string of the molecule is CC(C)[C@H](C)NS(=O)(=O)Cc1c(Cl)cccc1Cl. The zero-order valence-electron chi connectivity index (χ0n) is 10.6. The molecule has 0 saturated heterocycles. The molecule has 1 rings (SSSR count). The fourth-order valence-electron chi connectivity index (χ4n) is 1.32. The van der Waals surface area contributed by atoms with Crippen molar-refractivity contribution >= 4 is 33.2 Å². The number of nitrogens with one attached hydrogen (secondary N) is 1. The quantitative estimate of drug-likeness (QED) is 0.905. The van der Waals surface area contributed by atoms with Gasteiger partial charge in [-0.3, -0.25) is 0 Å². The van der Waals surface area contributed by atoms with Crippen LogP contribution in [0.15, 0.2) is 18.2 Å². The van der Waals surface area contributed by atoms with Crippen molar-refractivity contribution in [1.82, 2.24) is 4.72 Å². The lowest BCUT2D eigenvalue weighted by Gasteiger charge is -2.18. The first-order valence-corrected chi connectivity index (χ1v) is 8.06. The second-order valence-electron chi connectivity index (χ2n) is 4.61. The Kier molecular flexibility index (Phi) is 5.46. The molecule has 1 atom stereocenters. The highest BCUT2D eigenvalue weighted by atomic mass is 35.5. The summed E-state index contributed by atoms with van der Waals surface area (Å²) in [6, 6.07) is 4.82. The molecule has 1 N–H and O–H groups in total. The Labute approximate surface area is 119 Å². The van der Waals surface area contributed by atoms with Gasteiger partial charge in [0.1, 0.15) is 0 Å². The Morgan fingerprint density at radius 1 is 1.17 bits per heavy atom. The maximum absolute atomic E-state index is 12.0. The molecule has 0 bridgehead atoms. The average Bonchev–Trinajstić information content (AvgIpc) is 2.23. The van der Waals surface area contributed by atoms with Gasteiger partial charge in [-0.05, 0) is 25.0 Å². The van der Waals surface area contributed by atoms with Crippen LogP contribution in [0.3, 0.4) is 0 Å². The monoisotopic (exact) mass is 309 g/mol. The van der Waals surface area contributed by atoms with Crippen LogP contribution in [0.5, 0.6) is 0 Å². The van der Waals surface area contributed by atoms with Crippen molar-refractivity contribution in [2.45, 2.75) is 32.6 Å². The minimum atomic E-state index is -3.44. The second kappa shape index (κ2) is 6.24. The van der Waals surface area contributed by atoms with E-state index < -0.39 is 10.0 Å². The lowest BCUT2D eigenvalue weighted by atomic mass is 10.1. The van der Waals surface area contributed by atoms with Crippen LogP contribution in [-0.4, -0.2) is 14.5 Å². The number of hydrogen-bond acceptors (Lipinski definition) is 2. The maximum Gasteiger partial charge on any atom is 0.216 e. The summed E-state index contributed by atoms with van der Waals surface area (Å²) in [6.45, 7) is 5.74. The summed E-state index contributed by atoms with van der Waals surface area (Å²) in [4.78, 5) is 0. The zero-order chi connectivity index (χ0) is 13.9. The van der Waals surface area contributed by atoms with E-state index in [0.717, 1.165) is 0 Å². The van der Waals surface area contributed by atoms with Gasteiger partial charge in [0, 0.05) is 21.7 Å². The molecule has 0 saturated carbocycles. The second-order valence-corrected chi connectivity index (χ2v) is 7.18. The van der Waals surface area contributed by atoms with Gasteiger partial charge in [0.15, 0.2) is 0 Å². The fourth-order valence-corrected chi connectivity index (χ4v) is 3.62. The van der Waals surface area contributed by atoms with Gasteiger partial charge in [-0.15, -0.1) is 0 Å². The van der Waals surface area contributed by atoms with E-state index in [1.807, 2.05) is 20.8 Å². The molecule has 1 aromatic rings. The molecular formula is C12H17Cl2NO2S. The van der Waals surface area contributed by atoms with Gasteiger partial charge >= 0.3 is 0 Å². The molecule has 0 heterocycles. The summed E-state index contributed by atoms with van der Waals surface area (Å²) in [5.74, 6) is 0.0178. The van der Waals surface area contributed by atoms with Crippen molar-refractivity contribution < 1.29 is 8.42 Å². The van der Waals surface area contributed by atoms with Crippen LogP contribution < -0.4 is 4.72 Å². The van der Waals surface area contributed by atoms with Gasteiger partial charge in [-0.25, -0.2) is 13.1 Å². The van der Waals surface area contributed by atoms with Crippen molar-refractivity contribution in [3.8, 4) is 0 Å². The van der Waals surface area contributed by atoms with Crippen LogP contribution in [0.1, 0.15) is 26.3 Å². The number of rotatable bonds is 5. The van der Waals surface area contributed by atoms with Gasteiger partial charge in [0.25, 0.3) is 0 Å². The standard InChI is InChI=1S/C12H17Cl2NO2S/c1-8(2)9(3)15-18(16,17)7-10-11(13)5-4-6-12(10)14/h4-6,8-9,15H,7H2,1-3H3/t9-/m0/s1. The molecule has 0 aromatic heterocycles. The molecule has 0 fully saturated rings. The predicted octanol–water partition coefficient (Wildman–Crippen LogP) is 3.46. The molecule has 0 spiro atoms. The third-order valence-electron chi connectivity index (χ3n) is 2.76. The van der Waals surface area contributed by atoms with Crippen LogP contribution in [0.2, 0.25) is 10.0 Å². The summed E-state index contributed by atoms with van der Waals surface area (Å²) in [5, 5.41) is 0.732. The molecule has 0 radical (unpaired) electrons. The molecule has 3 nitrogen and oxygen atoms in total. The first kappa shape index (κ1) is 15.8. The van der Waals surface area contributed by atoms with Gasteiger partial charge in [0.05, 0.1) is 5.75 Å². The first-order chi connectivity index (χ1) is 8.23. The number of hydrogen-bond donors (Lipinski definition) is 1. The Morgan fingerprint density at radius 3 is 2.11 bits per heavy atom. The van der Waals surface area contributed by atoms with Crippen molar-refractivity contribution in [2.75, 3.05) is 0 Å². The van der Waals surface area contributed by atoms with E-state index in [4.69, 9.17) is 23.2 Å². The van der Waals surface area contributed by atoms with Crippen molar-refractivity contribution in [3.05, 3.63) is 33.8 Å². The highest BCUT2D eigenvalue weighted by Crippen LogP contribution is 2.26. The van der Waals surface area contributed by atoms with Crippen molar-refractivity contribution in [3.63, 3.8) is 0 Å². The molecule has 6 heteroatoms. The minimum Gasteiger partial charge on any atom is -0.212 e. The molecule has 0 unspecified atom stereocenters. The van der Waals surface area contributed by atoms with Crippen molar-refractivity contribution in [2.24, 2.45) is 5.92 Å². The largest absolute Gasteiger partial charge is 0.216 e. The van der Waals surface area contributed by atoms with Gasteiger partial charge in [-0.1, -0.05) is 43.1 Å². The highest BCUT2D eigenvalue weighted by Gasteiger charge is 2.20. The normalized spacial score (nSPS) is 13.9. The predicted molar refractivity (Wildman–Crippen MR) is 76.5 cm³/mol. The number of benzene rings is 1. The maximum atomic E-state index is 12.0. The van der Waals surface area contributed by atoms with E-state index in [2.05, 4.69) is 4.72 Å². The van der Waals surface area contributed by atoms with Gasteiger partial charge < -0.3 is 0 Å². The minimum absolute atomic E-state index is 0.128. The van der Waals surface area contributed by atoms with Crippen molar-refractivity contribution in [1.29, 1.82) is 0 Å². The van der Waals surface area contributed by atoms with Gasteiger partial charge in [0.2, 0.25) is 10.0 Å². The summed E-state index contributed by atoms with van der Waals surface area (Å²) in [5.41, 5.74) is 0.435. The number of sulfonamides is 1. The summed E-state index contributed by atoms with van der Waals surface area (Å²) in [7, 11) is -3.44. The highest BCUT2D eigenvalue weighted by molar-refractivity contribution is 7.88. The Hall–Kier alpha value is -0.290. The Bertz CT molecular complexity index is 495. The Balaban J connectivity index is 2.90. The average molecular weight is 310 g/mol. The van der Waals surface area contributed by atoms with Gasteiger partial charge in [-0.2, -0.15) is 0 Å². The summed E-state index contributed by atoms with van der Waals surface area (Å²) < 4.78 is 26.6. The van der Waals surface area contributed by atoms with E-state index >= 15 is 0 Å². The summed E-state index contributed by atoms with van der Waals surface area (Å²) in [6.07, 6.45) is 0. The molecule has 0 aliphatic carbocycles. The van der Waals surface area contributed by atoms with Crippen LogP contribution in [-0.2, 0) is 15.8 Å². The topological polar surface area (TPSA) is 46.2 Å². The molecular weight excluding hydrogens is 293 g/mol. The molecule has 18 heavy (non-hydrogen) atoms. The van der Waals surface area contributed by atoms with E-state index in [1.54, 1.807) is 18.2 Å². The lowest BCUT2D eigenvalue weighted by Crippen LogP contribution is -2.36. The molecule has 0 amide bonds. The molecule has 0 aliphatic rings. The third kappa shape index (κ3) is 4.43. The van der Waals surface area contributed by atoms with E-state index in [1.165, 1.54) is 0 Å². The van der Waals surface area contributed by atoms with Crippen LogP contribution in [0.25, 0.3) is 0 Å².